The van der Waals surface area contributed by atoms with Gasteiger partial charge in [-0.05, 0) is 51.9 Å². The lowest BCUT2D eigenvalue weighted by Gasteiger charge is -2.31. The predicted octanol–water partition coefficient (Wildman–Crippen LogP) is 5.04. The van der Waals surface area contributed by atoms with E-state index in [2.05, 4.69) is 52.0 Å². The van der Waals surface area contributed by atoms with Crippen LogP contribution < -0.4 is 0 Å². The van der Waals surface area contributed by atoms with Gasteiger partial charge < -0.3 is 0 Å². The summed E-state index contributed by atoms with van der Waals surface area (Å²) in [6.45, 7) is 8.84. The van der Waals surface area contributed by atoms with Crippen molar-refractivity contribution >= 4 is 0 Å². The zero-order valence-electron chi connectivity index (χ0n) is 10.6. The summed E-state index contributed by atoms with van der Waals surface area (Å²) in [5.41, 5.74) is 3.45. The van der Waals surface area contributed by atoms with E-state index < -0.39 is 0 Å². The van der Waals surface area contributed by atoms with E-state index in [9.17, 15) is 0 Å². The minimum absolute atomic E-state index is 0.429. The van der Waals surface area contributed by atoms with Gasteiger partial charge in [-0.25, -0.2) is 0 Å². The normalized spacial score (nSPS) is 26.8. The second kappa shape index (κ2) is 5.34. The van der Waals surface area contributed by atoms with Gasteiger partial charge in [-0.2, -0.15) is 0 Å². The van der Waals surface area contributed by atoms with Crippen LogP contribution in [0.5, 0.6) is 0 Å². The van der Waals surface area contributed by atoms with Crippen molar-refractivity contribution in [2.24, 2.45) is 5.41 Å². The molecule has 0 N–H and O–H groups in total. The molecule has 0 spiro atoms. The fourth-order valence-electron chi connectivity index (χ4n) is 2.07. The van der Waals surface area contributed by atoms with Gasteiger partial charge in [0.1, 0.15) is 0 Å². The molecule has 1 rings (SSSR count). The number of hydrogen-bond acceptors (Lipinski definition) is 0. The van der Waals surface area contributed by atoms with E-state index in [1.165, 1.54) is 31.3 Å². The van der Waals surface area contributed by atoms with Crippen LogP contribution in [0.25, 0.3) is 0 Å². The fraction of sp³-hybridized carbons (Fsp3) is 0.600. The van der Waals surface area contributed by atoms with Gasteiger partial charge in [0.25, 0.3) is 0 Å². The van der Waals surface area contributed by atoms with Crippen LogP contribution in [0.4, 0.5) is 0 Å². The molecule has 1 fully saturated rings. The highest BCUT2D eigenvalue weighted by Crippen LogP contribution is 2.39. The largest absolute Gasteiger partial charge is 0.0885 e. The molecule has 0 aromatic carbocycles. The molecule has 15 heavy (non-hydrogen) atoms. The Labute approximate surface area is 94.8 Å². The topological polar surface area (TPSA) is 0 Å². The van der Waals surface area contributed by atoms with Crippen molar-refractivity contribution < 1.29 is 0 Å². The third-order valence-corrected chi connectivity index (χ3v) is 3.37. The van der Waals surface area contributed by atoms with E-state index in [1.807, 2.05) is 0 Å². The van der Waals surface area contributed by atoms with Gasteiger partial charge in [0.2, 0.25) is 0 Å². The molecule has 0 bridgehead atoms. The zero-order chi connectivity index (χ0) is 11.3. The lowest BCUT2D eigenvalue weighted by Crippen LogP contribution is -2.18. The summed E-state index contributed by atoms with van der Waals surface area (Å²) in [4.78, 5) is 0. The van der Waals surface area contributed by atoms with Crippen molar-refractivity contribution in [1.82, 2.24) is 0 Å². The average molecular weight is 204 g/mol. The first kappa shape index (κ1) is 12.3. The molecule has 0 unspecified atom stereocenters. The highest BCUT2D eigenvalue weighted by Gasteiger charge is 2.25. The minimum Gasteiger partial charge on any atom is -0.0885 e. The average Bonchev–Trinajstić information content (AvgIpc) is 2.18. The summed E-state index contributed by atoms with van der Waals surface area (Å²) in [5.74, 6) is 0. The number of allylic oxidation sites excluding steroid dienone is 6. The second-order valence-electron chi connectivity index (χ2n) is 5.20. The predicted molar refractivity (Wildman–Crippen MR) is 68.9 cm³/mol. The van der Waals surface area contributed by atoms with Gasteiger partial charge in [0.15, 0.2) is 0 Å². The van der Waals surface area contributed by atoms with E-state index >= 15 is 0 Å². The van der Waals surface area contributed by atoms with Gasteiger partial charge in [0.05, 0.1) is 0 Å². The SMILES string of the molecule is CC=C1CCC(C)(C=CC=C(C)C)CC1. The molecule has 0 amide bonds. The Balaban J connectivity index is 2.55. The van der Waals surface area contributed by atoms with Crippen LogP contribution >= 0.6 is 0 Å². The molecule has 0 heterocycles. The first-order valence-corrected chi connectivity index (χ1v) is 6.02. The van der Waals surface area contributed by atoms with Gasteiger partial charge in [-0.3, -0.25) is 0 Å². The molecule has 0 radical (unpaired) electrons. The van der Waals surface area contributed by atoms with Crippen molar-refractivity contribution in [3.63, 3.8) is 0 Å². The highest BCUT2D eigenvalue weighted by atomic mass is 14.3. The van der Waals surface area contributed by atoms with Gasteiger partial charge in [0, 0.05) is 0 Å². The molecule has 0 aromatic heterocycles. The first-order valence-electron chi connectivity index (χ1n) is 6.02. The molecule has 0 aliphatic heterocycles. The van der Waals surface area contributed by atoms with Crippen molar-refractivity contribution in [2.75, 3.05) is 0 Å². The fourth-order valence-corrected chi connectivity index (χ4v) is 2.07. The van der Waals surface area contributed by atoms with Gasteiger partial charge in [-0.15, -0.1) is 0 Å². The van der Waals surface area contributed by atoms with Crippen LogP contribution in [0.1, 0.15) is 53.4 Å². The van der Waals surface area contributed by atoms with Crippen molar-refractivity contribution in [3.05, 3.63) is 35.5 Å². The Morgan fingerprint density at radius 3 is 2.27 bits per heavy atom. The van der Waals surface area contributed by atoms with Crippen LogP contribution in [0.3, 0.4) is 0 Å². The van der Waals surface area contributed by atoms with Crippen LogP contribution in [-0.4, -0.2) is 0 Å². The van der Waals surface area contributed by atoms with E-state index in [4.69, 9.17) is 0 Å². The smallest absolute Gasteiger partial charge is 0.0137 e. The molecule has 0 heteroatoms. The van der Waals surface area contributed by atoms with Gasteiger partial charge in [-0.1, -0.05) is 42.4 Å². The maximum absolute atomic E-state index is 2.40. The summed E-state index contributed by atoms with van der Waals surface area (Å²) in [5, 5.41) is 0. The lowest BCUT2D eigenvalue weighted by atomic mass is 9.73. The Morgan fingerprint density at radius 2 is 1.80 bits per heavy atom. The standard InChI is InChI=1S/C15H24/c1-5-14-8-11-15(4,12-9-14)10-6-7-13(2)3/h5-7,10H,8-9,11-12H2,1-4H3. The van der Waals surface area contributed by atoms with E-state index in [0.29, 0.717) is 5.41 Å². The van der Waals surface area contributed by atoms with E-state index in [1.54, 1.807) is 5.57 Å². The summed E-state index contributed by atoms with van der Waals surface area (Å²) in [7, 11) is 0. The highest BCUT2D eigenvalue weighted by molar-refractivity contribution is 5.15. The summed E-state index contributed by atoms with van der Waals surface area (Å²) in [6, 6.07) is 0. The Kier molecular flexibility index (Phi) is 4.38. The third-order valence-electron chi connectivity index (χ3n) is 3.37. The molecule has 0 atom stereocenters. The van der Waals surface area contributed by atoms with Crippen LogP contribution in [0.15, 0.2) is 35.5 Å². The second-order valence-corrected chi connectivity index (χ2v) is 5.20. The van der Waals surface area contributed by atoms with Crippen LogP contribution in [0.2, 0.25) is 0 Å². The maximum atomic E-state index is 2.40. The number of hydrogen-bond donors (Lipinski definition) is 0. The Morgan fingerprint density at radius 1 is 1.20 bits per heavy atom. The van der Waals surface area contributed by atoms with Crippen molar-refractivity contribution in [1.29, 1.82) is 0 Å². The van der Waals surface area contributed by atoms with Gasteiger partial charge >= 0.3 is 0 Å². The molecule has 0 aromatic rings. The zero-order valence-corrected chi connectivity index (χ0v) is 10.6. The van der Waals surface area contributed by atoms with Crippen molar-refractivity contribution in [3.8, 4) is 0 Å². The summed E-state index contributed by atoms with van der Waals surface area (Å²) in [6.07, 6.45) is 14.3. The minimum atomic E-state index is 0.429. The molecular formula is C15H24. The lowest BCUT2D eigenvalue weighted by molar-refractivity contribution is 0.326. The molecule has 0 nitrogen and oxygen atoms in total. The van der Waals surface area contributed by atoms with Crippen LogP contribution in [0, 0.1) is 5.41 Å². The first-order chi connectivity index (χ1) is 7.06. The monoisotopic (exact) mass is 204 g/mol. The molecule has 84 valence electrons. The number of rotatable bonds is 2. The molecule has 0 saturated heterocycles. The quantitative estimate of drug-likeness (QED) is 0.437. The molecular weight excluding hydrogens is 180 g/mol. The van der Waals surface area contributed by atoms with Crippen LogP contribution in [-0.2, 0) is 0 Å². The molecule has 1 saturated carbocycles. The Bertz CT molecular complexity index is 275. The van der Waals surface area contributed by atoms with E-state index in [-0.39, 0.29) is 0 Å². The Hall–Kier alpha value is -0.780. The molecule has 1 aliphatic carbocycles. The summed E-state index contributed by atoms with van der Waals surface area (Å²) >= 11 is 0. The van der Waals surface area contributed by atoms with E-state index in [0.717, 1.165) is 0 Å². The van der Waals surface area contributed by atoms with Crippen molar-refractivity contribution in [2.45, 2.75) is 53.4 Å². The third kappa shape index (κ3) is 4.07. The maximum Gasteiger partial charge on any atom is -0.0137 e. The summed E-state index contributed by atoms with van der Waals surface area (Å²) < 4.78 is 0. The molecule has 1 aliphatic rings.